The van der Waals surface area contributed by atoms with Crippen LogP contribution >= 0.6 is 0 Å². The highest BCUT2D eigenvalue weighted by Gasteiger charge is 2.21. The topological polar surface area (TPSA) is 41.1 Å². The van der Waals surface area contributed by atoms with E-state index < -0.39 is 0 Å². The Morgan fingerprint density at radius 1 is 1.04 bits per heavy atom. The molecule has 120 valence electrons. The second kappa shape index (κ2) is 6.32. The molecule has 0 atom stereocenters. The molecule has 0 saturated heterocycles. The predicted molar refractivity (Wildman–Crippen MR) is 98.3 cm³/mol. The largest absolute Gasteiger partial charge is 0.326 e. The highest BCUT2D eigenvalue weighted by atomic mass is 15.2. The van der Waals surface area contributed by atoms with Gasteiger partial charge in [0.05, 0.1) is 0 Å². The maximum atomic E-state index is 4.73. The molecule has 0 saturated carbocycles. The molecule has 1 aliphatic heterocycles. The van der Waals surface area contributed by atoms with Gasteiger partial charge in [-0.05, 0) is 42.2 Å². The first-order valence-electron chi connectivity index (χ1n) is 8.38. The summed E-state index contributed by atoms with van der Waals surface area (Å²) in [5, 5.41) is 3.36. The van der Waals surface area contributed by atoms with E-state index in [0.717, 1.165) is 30.9 Å². The summed E-state index contributed by atoms with van der Waals surface area (Å²) in [6.07, 6.45) is 3.85. The Labute approximate surface area is 142 Å². The van der Waals surface area contributed by atoms with Crippen LogP contribution in [-0.4, -0.2) is 16.5 Å². The second-order valence-electron chi connectivity index (χ2n) is 5.90. The smallest absolute Gasteiger partial charge is 0.229 e. The highest BCUT2D eigenvalue weighted by molar-refractivity contribution is 5.68. The molecule has 4 rings (SSSR count). The van der Waals surface area contributed by atoms with Crippen LogP contribution < -0.4 is 10.2 Å². The molecule has 0 aliphatic carbocycles. The molecule has 1 aromatic heterocycles. The van der Waals surface area contributed by atoms with Gasteiger partial charge in [-0.2, -0.15) is 4.98 Å². The van der Waals surface area contributed by atoms with Gasteiger partial charge in [-0.25, -0.2) is 4.98 Å². The molecule has 0 unspecified atom stereocenters. The summed E-state index contributed by atoms with van der Waals surface area (Å²) >= 11 is 0. The number of fused-ring (bicyclic) bond motifs is 1. The minimum atomic E-state index is 0.637. The van der Waals surface area contributed by atoms with E-state index in [-0.39, 0.29) is 0 Å². The fraction of sp³-hybridized carbons (Fsp3) is 0.200. The SMILES string of the molecule is CCc1ccccc1Nc1nccc(N2CCc3ccccc32)n1. The number of aromatic nitrogens is 2. The zero-order chi connectivity index (χ0) is 16.4. The number of benzene rings is 2. The highest BCUT2D eigenvalue weighted by Crippen LogP contribution is 2.33. The molecule has 0 radical (unpaired) electrons. The number of nitrogens with one attached hydrogen (secondary N) is 1. The Balaban J connectivity index is 1.63. The Hall–Kier alpha value is -2.88. The molecular weight excluding hydrogens is 296 g/mol. The van der Waals surface area contributed by atoms with Gasteiger partial charge in [0.1, 0.15) is 5.82 Å². The van der Waals surface area contributed by atoms with Crippen LogP contribution in [0.5, 0.6) is 0 Å². The third-order valence-electron chi connectivity index (χ3n) is 4.45. The zero-order valence-electron chi connectivity index (χ0n) is 13.7. The van der Waals surface area contributed by atoms with E-state index in [1.54, 1.807) is 0 Å². The Morgan fingerprint density at radius 3 is 2.79 bits per heavy atom. The molecule has 3 aromatic rings. The molecular formula is C20H20N4. The molecule has 2 heterocycles. The van der Waals surface area contributed by atoms with Crippen molar-refractivity contribution in [3.8, 4) is 0 Å². The zero-order valence-corrected chi connectivity index (χ0v) is 13.7. The van der Waals surface area contributed by atoms with Crippen molar-refractivity contribution in [1.29, 1.82) is 0 Å². The van der Waals surface area contributed by atoms with Gasteiger partial charge in [0.25, 0.3) is 0 Å². The van der Waals surface area contributed by atoms with E-state index >= 15 is 0 Å². The van der Waals surface area contributed by atoms with Gasteiger partial charge in [-0.15, -0.1) is 0 Å². The minimum absolute atomic E-state index is 0.637. The lowest BCUT2D eigenvalue weighted by molar-refractivity contribution is 0.966. The van der Waals surface area contributed by atoms with Crippen molar-refractivity contribution in [2.24, 2.45) is 0 Å². The molecule has 1 N–H and O–H groups in total. The Bertz CT molecular complexity index is 860. The monoisotopic (exact) mass is 316 g/mol. The van der Waals surface area contributed by atoms with Crippen LogP contribution in [0.4, 0.5) is 23.1 Å². The minimum Gasteiger partial charge on any atom is -0.326 e. The lowest BCUT2D eigenvalue weighted by Crippen LogP contribution is -2.15. The van der Waals surface area contributed by atoms with Gasteiger partial charge in [0.2, 0.25) is 5.95 Å². The van der Waals surface area contributed by atoms with E-state index in [1.807, 2.05) is 18.3 Å². The summed E-state index contributed by atoms with van der Waals surface area (Å²) < 4.78 is 0. The first-order valence-corrected chi connectivity index (χ1v) is 8.38. The van der Waals surface area contributed by atoms with Crippen LogP contribution in [0.3, 0.4) is 0 Å². The average Bonchev–Trinajstić information content (AvgIpc) is 3.06. The molecule has 1 aliphatic rings. The van der Waals surface area contributed by atoms with Crippen molar-refractivity contribution < 1.29 is 0 Å². The molecule has 0 bridgehead atoms. The van der Waals surface area contributed by atoms with Crippen LogP contribution in [0, 0.1) is 0 Å². The number of para-hydroxylation sites is 2. The number of hydrogen-bond acceptors (Lipinski definition) is 4. The second-order valence-corrected chi connectivity index (χ2v) is 5.90. The van der Waals surface area contributed by atoms with Crippen LogP contribution in [0.15, 0.2) is 60.8 Å². The summed E-state index contributed by atoms with van der Waals surface area (Å²) in [4.78, 5) is 11.4. The van der Waals surface area contributed by atoms with Crippen LogP contribution in [0.1, 0.15) is 18.1 Å². The van der Waals surface area contributed by atoms with E-state index in [2.05, 4.69) is 64.6 Å². The number of hydrogen-bond donors (Lipinski definition) is 1. The van der Waals surface area contributed by atoms with Crippen molar-refractivity contribution in [1.82, 2.24) is 9.97 Å². The molecule has 2 aromatic carbocycles. The van der Waals surface area contributed by atoms with Gasteiger partial charge < -0.3 is 10.2 Å². The van der Waals surface area contributed by atoms with Crippen LogP contribution in [-0.2, 0) is 12.8 Å². The fourth-order valence-electron chi connectivity index (χ4n) is 3.21. The van der Waals surface area contributed by atoms with Gasteiger partial charge in [0, 0.05) is 24.1 Å². The normalized spacial score (nSPS) is 13.0. The van der Waals surface area contributed by atoms with Gasteiger partial charge >= 0.3 is 0 Å². The molecule has 0 spiro atoms. The lowest BCUT2D eigenvalue weighted by Gasteiger charge is -2.19. The quantitative estimate of drug-likeness (QED) is 0.770. The lowest BCUT2D eigenvalue weighted by atomic mass is 10.1. The van der Waals surface area contributed by atoms with E-state index in [4.69, 9.17) is 4.98 Å². The van der Waals surface area contributed by atoms with Gasteiger partial charge in [0.15, 0.2) is 0 Å². The number of aryl methyl sites for hydroxylation is 1. The van der Waals surface area contributed by atoms with Crippen molar-refractivity contribution in [2.45, 2.75) is 19.8 Å². The standard InChI is InChI=1S/C20H20N4/c1-2-15-7-3-5-9-17(15)22-20-21-13-11-19(23-20)24-14-12-16-8-4-6-10-18(16)24/h3-11,13H,2,12,14H2,1H3,(H,21,22,23). The molecule has 0 amide bonds. The van der Waals surface area contributed by atoms with Gasteiger partial charge in [-0.3, -0.25) is 0 Å². The predicted octanol–water partition coefficient (Wildman–Crippen LogP) is 4.48. The third kappa shape index (κ3) is 2.71. The molecule has 24 heavy (non-hydrogen) atoms. The maximum absolute atomic E-state index is 4.73. The summed E-state index contributed by atoms with van der Waals surface area (Å²) in [6.45, 7) is 3.11. The first kappa shape index (κ1) is 14.7. The fourth-order valence-corrected chi connectivity index (χ4v) is 3.21. The third-order valence-corrected chi connectivity index (χ3v) is 4.45. The number of anilines is 4. The maximum Gasteiger partial charge on any atom is 0.229 e. The Kier molecular flexibility index (Phi) is 3.87. The number of nitrogens with zero attached hydrogens (tertiary/aromatic N) is 3. The first-order chi connectivity index (χ1) is 11.8. The van der Waals surface area contributed by atoms with Crippen molar-refractivity contribution >= 4 is 23.1 Å². The summed E-state index contributed by atoms with van der Waals surface area (Å²) in [5.74, 6) is 1.57. The van der Waals surface area contributed by atoms with Crippen molar-refractivity contribution in [2.75, 3.05) is 16.8 Å². The van der Waals surface area contributed by atoms with Crippen LogP contribution in [0.25, 0.3) is 0 Å². The summed E-state index contributed by atoms with van der Waals surface area (Å²) in [7, 11) is 0. The van der Waals surface area contributed by atoms with E-state index in [9.17, 15) is 0 Å². The van der Waals surface area contributed by atoms with E-state index in [1.165, 1.54) is 16.8 Å². The average molecular weight is 316 g/mol. The van der Waals surface area contributed by atoms with E-state index in [0.29, 0.717) is 5.95 Å². The summed E-state index contributed by atoms with van der Waals surface area (Å²) in [5.41, 5.74) is 4.95. The summed E-state index contributed by atoms with van der Waals surface area (Å²) in [6, 6.07) is 18.8. The molecule has 4 heteroatoms. The van der Waals surface area contributed by atoms with Crippen molar-refractivity contribution in [3.63, 3.8) is 0 Å². The number of rotatable bonds is 4. The van der Waals surface area contributed by atoms with Crippen molar-refractivity contribution in [3.05, 3.63) is 71.9 Å². The van der Waals surface area contributed by atoms with Crippen LogP contribution in [0.2, 0.25) is 0 Å². The Morgan fingerprint density at radius 2 is 1.88 bits per heavy atom. The molecule has 4 nitrogen and oxygen atoms in total. The van der Waals surface area contributed by atoms with Gasteiger partial charge in [-0.1, -0.05) is 43.3 Å². The molecule has 0 fully saturated rings.